The summed E-state index contributed by atoms with van der Waals surface area (Å²) in [4.78, 5) is 2.36. The van der Waals surface area contributed by atoms with Gasteiger partial charge in [0.1, 0.15) is 0 Å². The summed E-state index contributed by atoms with van der Waals surface area (Å²) in [6.45, 7) is 2.86. The highest BCUT2D eigenvalue weighted by atomic mass is 16.5. The van der Waals surface area contributed by atoms with E-state index in [9.17, 15) is 0 Å². The zero-order valence-corrected chi connectivity index (χ0v) is 9.11. The van der Waals surface area contributed by atoms with Crippen LogP contribution in [0.25, 0.3) is 0 Å². The molecular formula is C12H18N2O. The molecule has 0 amide bonds. The maximum absolute atomic E-state index is 8.66. The Labute approximate surface area is 90.7 Å². The number of likely N-dealkylation sites (tertiary alicyclic amines) is 1. The van der Waals surface area contributed by atoms with E-state index in [1.165, 1.54) is 18.5 Å². The number of benzene rings is 1. The summed E-state index contributed by atoms with van der Waals surface area (Å²) in [5.74, 6) is 0.661. The summed E-state index contributed by atoms with van der Waals surface area (Å²) in [6, 6.07) is 8.48. The van der Waals surface area contributed by atoms with Crippen LogP contribution >= 0.6 is 0 Å². The van der Waals surface area contributed by atoms with Crippen LogP contribution < -0.4 is 5.48 Å². The second-order valence-electron chi connectivity index (χ2n) is 4.33. The first-order chi connectivity index (χ1) is 7.29. The number of hydrogen-bond acceptors (Lipinski definition) is 3. The lowest BCUT2D eigenvalue weighted by Crippen LogP contribution is -2.13. The van der Waals surface area contributed by atoms with Crippen molar-refractivity contribution in [3.8, 4) is 0 Å². The smallest absolute Gasteiger partial charge is 0.0458 e. The van der Waals surface area contributed by atoms with Gasteiger partial charge in [-0.25, -0.2) is 5.48 Å². The third-order valence-electron chi connectivity index (χ3n) is 3.10. The Bertz CT molecular complexity index is 327. The Morgan fingerprint density at radius 2 is 2.40 bits per heavy atom. The number of nitrogens with one attached hydrogen (secondary N) is 1. The molecule has 1 saturated heterocycles. The molecule has 0 aromatic heterocycles. The minimum atomic E-state index is 0.524. The highest BCUT2D eigenvalue weighted by molar-refractivity contribution is 5.27. The minimum absolute atomic E-state index is 0.524. The van der Waals surface area contributed by atoms with Crippen LogP contribution in [0.1, 0.15) is 23.5 Å². The Morgan fingerprint density at radius 3 is 3.07 bits per heavy atom. The molecule has 1 heterocycles. The lowest BCUT2D eigenvalue weighted by molar-refractivity contribution is 0.161. The van der Waals surface area contributed by atoms with Gasteiger partial charge in [0.25, 0.3) is 0 Å². The normalized spacial score (nSPS) is 22.1. The topological polar surface area (TPSA) is 35.5 Å². The van der Waals surface area contributed by atoms with E-state index in [4.69, 9.17) is 5.21 Å². The van der Waals surface area contributed by atoms with E-state index in [1.807, 2.05) is 6.07 Å². The first kappa shape index (κ1) is 10.6. The van der Waals surface area contributed by atoms with Gasteiger partial charge < -0.3 is 10.1 Å². The van der Waals surface area contributed by atoms with Crippen molar-refractivity contribution in [3.63, 3.8) is 0 Å². The summed E-state index contributed by atoms with van der Waals surface area (Å²) >= 11 is 0. The van der Waals surface area contributed by atoms with Crippen LogP contribution in [-0.2, 0) is 6.54 Å². The average Bonchev–Trinajstić information content (AvgIpc) is 2.66. The van der Waals surface area contributed by atoms with E-state index in [0.717, 1.165) is 12.1 Å². The molecule has 1 aliphatic heterocycles. The molecule has 1 unspecified atom stereocenters. The first-order valence-corrected chi connectivity index (χ1v) is 5.44. The van der Waals surface area contributed by atoms with Gasteiger partial charge in [0.05, 0.1) is 0 Å². The number of nitrogens with zero attached hydrogens (tertiary/aromatic N) is 1. The molecule has 2 N–H and O–H groups in total. The Kier molecular flexibility index (Phi) is 3.36. The van der Waals surface area contributed by atoms with Gasteiger partial charge in [-0.2, -0.15) is 0 Å². The zero-order chi connectivity index (χ0) is 10.7. The van der Waals surface area contributed by atoms with Crippen LogP contribution in [0.15, 0.2) is 24.3 Å². The molecule has 1 aromatic carbocycles. The van der Waals surface area contributed by atoms with Crippen molar-refractivity contribution in [2.45, 2.75) is 18.9 Å². The van der Waals surface area contributed by atoms with Gasteiger partial charge in [0.2, 0.25) is 0 Å². The SMILES string of the molecule is CN1CCC(c2cccc(CNO)c2)C1. The molecule has 1 fully saturated rings. The van der Waals surface area contributed by atoms with Crippen LogP contribution in [0.3, 0.4) is 0 Å². The molecule has 0 saturated carbocycles. The third kappa shape index (κ3) is 2.56. The molecule has 1 aromatic rings. The van der Waals surface area contributed by atoms with E-state index in [1.54, 1.807) is 0 Å². The van der Waals surface area contributed by atoms with Gasteiger partial charge in [-0.05, 0) is 37.1 Å². The van der Waals surface area contributed by atoms with Gasteiger partial charge in [0, 0.05) is 13.1 Å². The maximum atomic E-state index is 8.66. The quantitative estimate of drug-likeness (QED) is 0.737. The molecule has 3 nitrogen and oxygen atoms in total. The molecule has 0 spiro atoms. The fraction of sp³-hybridized carbons (Fsp3) is 0.500. The van der Waals surface area contributed by atoms with Gasteiger partial charge >= 0.3 is 0 Å². The molecule has 0 aliphatic carbocycles. The van der Waals surface area contributed by atoms with Crippen molar-refractivity contribution in [2.24, 2.45) is 0 Å². The number of hydroxylamine groups is 1. The molecule has 1 atom stereocenters. The molecule has 3 heteroatoms. The molecule has 0 bridgehead atoms. The van der Waals surface area contributed by atoms with Crippen LogP contribution in [0.2, 0.25) is 0 Å². The maximum Gasteiger partial charge on any atom is 0.0458 e. The predicted octanol–water partition coefficient (Wildman–Crippen LogP) is 1.58. The molecule has 15 heavy (non-hydrogen) atoms. The standard InChI is InChI=1S/C12H18N2O/c1-14-6-5-12(9-14)11-4-2-3-10(7-11)8-13-15/h2-4,7,12-13,15H,5-6,8-9H2,1H3. The Hall–Kier alpha value is -0.900. The molecule has 0 radical (unpaired) electrons. The first-order valence-electron chi connectivity index (χ1n) is 5.44. The van der Waals surface area contributed by atoms with Crippen molar-refractivity contribution in [1.29, 1.82) is 0 Å². The summed E-state index contributed by atoms with van der Waals surface area (Å²) in [6.07, 6.45) is 1.24. The fourth-order valence-corrected chi connectivity index (χ4v) is 2.26. The van der Waals surface area contributed by atoms with Crippen LogP contribution in [0.5, 0.6) is 0 Å². The van der Waals surface area contributed by atoms with E-state index < -0.39 is 0 Å². The van der Waals surface area contributed by atoms with Crippen LogP contribution in [0.4, 0.5) is 0 Å². The number of rotatable bonds is 3. The summed E-state index contributed by atoms with van der Waals surface area (Å²) in [7, 11) is 2.17. The van der Waals surface area contributed by atoms with E-state index in [2.05, 4.69) is 35.6 Å². The van der Waals surface area contributed by atoms with E-state index in [-0.39, 0.29) is 0 Å². The minimum Gasteiger partial charge on any atom is -0.316 e. The number of likely N-dealkylation sites (N-methyl/N-ethyl adjacent to an activating group) is 1. The summed E-state index contributed by atoms with van der Waals surface area (Å²) in [5.41, 5.74) is 4.74. The number of hydrogen-bond donors (Lipinski definition) is 2. The molecule has 2 rings (SSSR count). The fourth-order valence-electron chi connectivity index (χ4n) is 2.26. The highest BCUT2D eigenvalue weighted by Crippen LogP contribution is 2.26. The van der Waals surface area contributed by atoms with Gasteiger partial charge in [-0.15, -0.1) is 0 Å². The Balaban J connectivity index is 2.10. The third-order valence-corrected chi connectivity index (χ3v) is 3.10. The monoisotopic (exact) mass is 206 g/mol. The zero-order valence-electron chi connectivity index (χ0n) is 9.11. The van der Waals surface area contributed by atoms with E-state index in [0.29, 0.717) is 12.5 Å². The van der Waals surface area contributed by atoms with Crippen molar-refractivity contribution in [1.82, 2.24) is 10.4 Å². The lowest BCUT2D eigenvalue weighted by atomic mass is 9.97. The average molecular weight is 206 g/mol. The molecule has 1 aliphatic rings. The van der Waals surface area contributed by atoms with Gasteiger partial charge in [-0.3, -0.25) is 0 Å². The second kappa shape index (κ2) is 4.75. The van der Waals surface area contributed by atoms with Crippen LogP contribution in [-0.4, -0.2) is 30.2 Å². The predicted molar refractivity (Wildman–Crippen MR) is 59.9 cm³/mol. The van der Waals surface area contributed by atoms with Crippen LogP contribution in [0, 0.1) is 0 Å². The van der Waals surface area contributed by atoms with Crippen molar-refractivity contribution < 1.29 is 5.21 Å². The van der Waals surface area contributed by atoms with Crippen molar-refractivity contribution >= 4 is 0 Å². The largest absolute Gasteiger partial charge is 0.316 e. The summed E-state index contributed by atoms with van der Waals surface area (Å²) < 4.78 is 0. The second-order valence-corrected chi connectivity index (χ2v) is 4.33. The molecule has 82 valence electrons. The lowest BCUT2D eigenvalue weighted by Gasteiger charge is -2.12. The van der Waals surface area contributed by atoms with Gasteiger partial charge in [0.15, 0.2) is 0 Å². The van der Waals surface area contributed by atoms with Gasteiger partial charge in [-0.1, -0.05) is 24.3 Å². The van der Waals surface area contributed by atoms with Crippen molar-refractivity contribution in [3.05, 3.63) is 35.4 Å². The van der Waals surface area contributed by atoms with E-state index >= 15 is 0 Å². The summed E-state index contributed by atoms with van der Waals surface area (Å²) in [5, 5.41) is 8.66. The molecular weight excluding hydrogens is 188 g/mol. The van der Waals surface area contributed by atoms with Crippen molar-refractivity contribution in [2.75, 3.05) is 20.1 Å². The highest BCUT2D eigenvalue weighted by Gasteiger charge is 2.20. The Morgan fingerprint density at radius 1 is 1.53 bits per heavy atom.